The Morgan fingerprint density at radius 1 is 1.14 bits per heavy atom. The van der Waals surface area contributed by atoms with Gasteiger partial charge in [0.1, 0.15) is 13.2 Å². The van der Waals surface area contributed by atoms with Gasteiger partial charge in [-0.05, 0) is 48.5 Å². The molecule has 1 aromatic rings. The molecule has 76 valence electrons. The highest BCUT2D eigenvalue weighted by Crippen LogP contribution is 2.34. The largest absolute Gasteiger partial charge is 0.207 e. The van der Waals surface area contributed by atoms with Crippen molar-refractivity contribution in [1.82, 2.24) is 0 Å². The number of benzene rings is 1. The van der Waals surface area contributed by atoms with Crippen molar-refractivity contribution in [3.8, 4) is 0 Å². The van der Waals surface area contributed by atoms with Gasteiger partial charge in [-0.25, -0.2) is 4.39 Å². The van der Waals surface area contributed by atoms with Crippen LogP contribution in [0.2, 0.25) is 12.1 Å². The van der Waals surface area contributed by atoms with Crippen molar-refractivity contribution in [3.63, 3.8) is 0 Å². The van der Waals surface area contributed by atoms with Gasteiger partial charge >= 0.3 is 0 Å². The molecule has 0 bridgehead atoms. The van der Waals surface area contributed by atoms with E-state index in [9.17, 15) is 4.39 Å². The van der Waals surface area contributed by atoms with Crippen molar-refractivity contribution >= 4 is 22.7 Å². The molecular formula is C11H14BrFSi. The average molecular weight is 273 g/mol. The van der Waals surface area contributed by atoms with Crippen molar-refractivity contribution < 1.29 is 4.39 Å². The van der Waals surface area contributed by atoms with Crippen LogP contribution < -0.4 is 0 Å². The first-order valence-corrected chi connectivity index (χ1v) is 9.97. The normalized spacial score (nSPS) is 27.6. The molecule has 0 nitrogen and oxygen atoms in total. The lowest BCUT2D eigenvalue weighted by Crippen LogP contribution is -2.14. The van der Waals surface area contributed by atoms with E-state index in [1.165, 1.54) is 30.5 Å². The first-order valence-electron chi connectivity index (χ1n) is 5.15. The number of hydrogen-bond acceptors (Lipinski definition) is 0. The summed E-state index contributed by atoms with van der Waals surface area (Å²) in [7, 11) is -0.528. The zero-order valence-corrected chi connectivity index (χ0v) is 10.8. The Morgan fingerprint density at radius 3 is 2.29 bits per heavy atom. The highest BCUT2D eigenvalue weighted by Gasteiger charge is 2.21. The number of hydrogen-bond donors (Lipinski definition) is 0. The van der Waals surface area contributed by atoms with E-state index in [2.05, 4.69) is 15.3 Å². The van der Waals surface area contributed by atoms with Crippen molar-refractivity contribution in [2.45, 2.75) is 30.8 Å². The van der Waals surface area contributed by atoms with Crippen LogP contribution in [0, 0.1) is 5.82 Å². The zero-order valence-electron chi connectivity index (χ0n) is 8.05. The predicted molar refractivity (Wildman–Crippen MR) is 64.1 cm³/mol. The highest BCUT2D eigenvalue weighted by atomic mass is 79.9. The summed E-state index contributed by atoms with van der Waals surface area (Å²) in [4.78, 5) is 0. The number of halogens is 2. The third-order valence-electron chi connectivity index (χ3n) is 3.00. The fourth-order valence-corrected chi connectivity index (χ4v) is 5.52. The van der Waals surface area contributed by atoms with E-state index in [1.807, 2.05) is 12.1 Å². The molecule has 0 atom stereocenters. The highest BCUT2D eigenvalue weighted by molar-refractivity contribution is 9.24. The Labute approximate surface area is 93.7 Å². The third-order valence-corrected chi connectivity index (χ3v) is 7.66. The second-order valence-corrected chi connectivity index (χ2v) is 10.2. The molecule has 1 aromatic carbocycles. The van der Waals surface area contributed by atoms with Gasteiger partial charge < -0.3 is 0 Å². The van der Waals surface area contributed by atoms with Gasteiger partial charge in [-0.1, -0.05) is 12.1 Å². The van der Waals surface area contributed by atoms with E-state index < -0.39 is 7.42 Å². The van der Waals surface area contributed by atoms with Crippen molar-refractivity contribution in [3.05, 3.63) is 35.6 Å². The van der Waals surface area contributed by atoms with Crippen molar-refractivity contribution in [2.24, 2.45) is 0 Å². The van der Waals surface area contributed by atoms with Gasteiger partial charge in [0, 0.05) is 0 Å². The summed E-state index contributed by atoms with van der Waals surface area (Å²) < 4.78 is 12.7. The molecule has 1 aliphatic heterocycles. The zero-order chi connectivity index (χ0) is 9.97. The summed E-state index contributed by atoms with van der Waals surface area (Å²) in [6.45, 7) is 0. The first-order chi connectivity index (χ1) is 6.75. The fraction of sp³-hybridized carbons (Fsp3) is 0.455. The van der Waals surface area contributed by atoms with E-state index in [1.54, 1.807) is 12.1 Å². The van der Waals surface area contributed by atoms with Crippen LogP contribution >= 0.6 is 15.3 Å². The van der Waals surface area contributed by atoms with Crippen LogP contribution in [0.1, 0.15) is 24.3 Å². The lowest BCUT2D eigenvalue weighted by Gasteiger charge is -2.24. The molecule has 0 radical (unpaired) electrons. The SMILES string of the molecule is Fc1ccc(C2CC[SiH](Br)CC2)cc1. The topological polar surface area (TPSA) is 0 Å². The van der Waals surface area contributed by atoms with Gasteiger partial charge in [-0.15, -0.1) is 15.3 Å². The molecular weight excluding hydrogens is 259 g/mol. The van der Waals surface area contributed by atoms with Crippen LogP contribution in [0.15, 0.2) is 24.3 Å². The molecule has 0 amide bonds. The molecule has 1 saturated heterocycles. The summed E-state index contributed by atoms with van der Waals surface area (Å²) in [5.41, 5.74) is 1.32. The van der Waals surface area contributed by atoms with Crippen LogP contribution in [0.4, 0.5) is 4.39 Å². The van der Waals surface area contributed by atoms with Crippen LogP contribution in [0.25, 0.3) is 0 Å². The minimum Gasteiger partial charge on any atom is -0.207 e. The van der Waals surface area contributed by atoms with Crippen molar-refractivity contribution in [2.75, 3.05) is 0 Å². The van der Waals surface area contributed by atoms with Gasteiger partial charge in [0.2, 0.25) is 0 Å². The molecule has 0 unspecified atom stereocenters. The smallest absolute Gasteiger partial charge is 0.123 e. The van der Waals surface area contributed by atoms with E-state index in [-0.39, 0.29) is 5.82 Å². The maximum Gasteiger partial charge on any atom is 0.123 e. The predicted octanol–water partition coefficient (Wildman–Crippen LogP) is 3.82. The van der Waals surface area contributed by atoms with Crippen LogP contribution in [0.5, 0.6) is 0 Å². The molecule has 14 heavy (non-hydrogen) atoms. The van der Waals surface area contributed by atoms with E-state index >= 15 is 0 Å². The van der Waals surface area contributed by atoms with Crippen LogP contribution in [-0.4, -0.2) is 7.42 Å². The molecule has 1 fully saturated rings. The molecule has 1 aliphatic rings. The van der Waals surface area contributed by atoms with E-state index in [4.69, 9.17) is 0 Å². The molecule has 0 aliphatic carbocycles. The molecule has 2 rings (SSSR count). The summed E-state index contributed by atoms with van der Waals surface area (Å²) in [6.07, 6.45) is 2.57. The van der Waals surface area contributed by atoms with Crippen LogP contribution in [0.3, 0.4) is 0 Å². The first kappa shape index (κ1) is 10.4. The van der Waals surface area contributed by atoms with Crippen LogP contribution in [-0.2, 0) is 0 Å². The average Bonchev–Trinajstić information content (AvgIpc) is 2.21. The Kier molecular flexibility index (Phi) is 3.39. The van der Waals surface area contributed by atoms with Gasteiger partial charge in [0.25, 0.3) is 0 Å². The van der Waals surface area contributed by atoms with Gasteiger partial charge in [0.15, 0.2) is 0 Å². The maximum absolute atomic E-state index is 12.7. The molecule has 0 N–H and O–H groups in total. The quantitative estimate of drug-likeness (QED) is 0.539. The van der Waals surface area contributed by atoms with Gasteiger partial charge in [0.05, 0.1) is 0 Å². The lowest BCUT2D eigenvalue weighted by molar-refractivity contribution is 0.603. The molecule has 3 heteroatoms. The van der Waals surface area contributed by atoms with Gasteiger partial charge in [-0.3, -0.25) is 0 Å². The monoisotopic (exact) mass is 272 g/mol. The van der Waals surface area contributed by atoms with Crippen molar-refractivity contribution in [1.29, 1.82) is 0 Å². The summed E-state index contributed by atoms with van der Waals surface area (Å²) in [5, 5.41) is 0. The Bertz CT molecular complexity index is 291. The molecule has 1 heterocycles. The summed E-state index contributed by atoms with van der Waals surface area (Å²) >= 11 is 3.78. The second-order valence-electron chi connectivity index (χ2n) is 4.00. The number of rotatable bonds is 1. The Morgan fingerprint density at radius 2 is 1.71 bits per heavy atom. The molecule has 0 saturated carbocycles. The third kappa shape index (κ3) is 2.45. The van der Waals surface area contributed by atoms with Gasteiger partial charge in [-0.2, -0.15) is 0 Å². The van der Waals surface area contributed by atoms with E-state index in [0.717, 1.165) is 0 Å². The lowest BCUT2D eigenvalue weighted by atomic mass is 9.93. The van der Waals surface area contributed by atoms with E-state index in [0.29, 0.717) is 5.92 Å². The maximum atomic E-state index is 12.7. The summed E-state index contributed by atoms with van der Waals surface area (Å²) in [6, 6.07) is 9.79. The molecule has 0 aromatic heterocycles. The Hall–Kier alpha value is -0.153. The minimum absolute atomic E-state index is 0.127. The fourth-order valence-electron chi connectivity index (χ4n) is 2.12. The summed E-state index contributed by atoms with van der Waals surface area (Å²) in [5.74, 6) is 0.550. The Balaban J connectivity index is 2.05. The minimum atomic E-state index is -0.528. The second kappa shape index (κ2) is 4.58. The molecule has 0 spiro atoms. The standard InChI is InChI=1S/C11H14BrFSi/c12-14-7-5-10(6-8-14)9-1-3-11(13)4-2-9/h1-4,10,14H,5-8H2.